The fourth-order valence-corrected chi connectivity index (χ4v) is 3.44. The molecule has 28 heavy (non-hydrogen) atoms. The van der Waals surface area contributed by atoms with Crippen LogP contribution >= 0.6 is 11.3 Å². The topological polar surface area (TPSA) is 46.5 Å². The number of methoxy groups -OCH3 is 1. The summed E-state index contributed by atoms with van der Waals surface area (Å²) in [6.07, 6.45) is 1.76. The van der Waals surface area contributed by atoms with Gasteiger partial charge in [0.2, 0.25) is 5.13 Å². The summed E-state index contributed by atoms with van der Waals surface area (Å²) < 4.78 is 5.15. The molecule has 0 bridgehead atoms. The second kappa shape index (κ2) is 8.50. The lowest BCUT2D eigenvalue weighted by atomic mass is 10.0. The van der Waals surface area contributed by atoms with Gasteiger partial charge in [-0.15, -0.1) is 11.3 Å². The molecule has 0 fully saturated rings. The molecule has 4 aromatic rings. The van der Waals surface area contributed by atoms with Crippen molar-refractivity contribution >= 4 is 22.7 Å². The lowest BCUT2D eigenvalue weighted by Crippen LogP contribution is -1.90. The average Bonchev–Trinajstić information content (AvgIpc) is 3.24. The summed E-state index contributed by atoms with van der Waals surface area (Å²) >= 11 is 1.53. The number of aromatic nitrogens is 1. The molecule has 1 aromatic heterocycles. The SMILES string of the molecule is COc1ccc(/C=N\Nc2nc(-c3ccc(-c4ccccc4)cc3)cs2)cc1. The lowest BCUT2D eigenvalue weighted by Gasteiger charge is -2.02. The van der Waals surface area contributed by atoms with E-state index in [1.807, 2.05) is 47.8 Å². The Balaban J connectivity index is 1.41. The van der Waals surface area contributed by atoms with E-state index in [4.69, 9.17) is 4.74 Å². The van der Waals surface area contributed by atoms with E-state index in [9.17, 15) is 0 Å². The van der Waals surface area contributed by atoms with Crippen LogP contribution < -0.4 is 10.2 Å². The third-order valence-corrected chi connectivity index (χ3v) is 5.03. The van der Waals surface area contributed by atoms with Gasteiger partial charge < -0.3 is 4.74 Å². The average molecular weight is 385 g/mol. The highest BCUT2D eigenvalue weighted by atomic mass is 32.1. The zero-order valence-electron chi connectivity index (χ0n) is 15.4. The minimum atomic E-state index is 0.756. The predicted molar refractivity (Wildman–Crippen MR) is 117 cm³/mol. The van der Waals surface area contributed by atoms with Crippen LogP contribution in [-0.2, 0) is 0 Å². The Morgan fingerprint density at radius 3 is 2.25 bits per heavy atom. The maximum Gasteiger partial charge on any atom is 0.203 e. The number of nitrogens with one attached hydrogen (secondary N) is 1. The summed E-state index contributed by atoms with van der Waals surface area (Å²) in [4.78, 5) is 4.62. The number of anilines is 1. The summed E-state index contributed by atoms with van der Waals surface area (Å²) in [5.74, 6) is 0.827. The Kier molecular flexibility index (Phi) is 5.45. The number of rotatable bonds is 6. The Morgan fingerprint density at radius 2 is 1.54 bits per heavy atom. The van der Waals surface area contributed by atoms with Crippen molar-refractivity contribution in [1.82, 2.24) is 4.98 Å². The van der Waals surface area contributed by atoms with Gasteiger partial charge in [0.25, 0.3) is 0 Å². The first-order chi connectivity index (χ1) is 13.8. The summed E-state index contributed by atoms with van der Waals surface area (Å²) in [7, 11) is 1.65. The third kappa shape index (κ3) is 4.27. The zero-order chi connectivity index (χ0) is 19.2. The van der Waals surface area contributed by atoms with Crippen molar-refractivity contribution in [2.75, 3.05) is 12.5 Å². The fraction of sp³-hybridized carbons (Fsp3) is 0.0435. The normalized spacial score (nSPS) is 10.9. The van der Waals surface area contributed by atoms with Crippen LogP contribution in [0.2, 0.25) is 0 Å². The molecule has 0 spiro atoms. The molecule has 4 nitrogen and oxygen atoms in total. The van der Waals surface area contributed by atoms with Crippen LogP contribution in [0.4, 0.5) is 5.13 Å². The van der Waals surface area contributed by atoms with Gasteiger partial charge >= 0.3 is 0 Å². The van der Waals surface area contributed by atoms with E-state index in [-0.39, 0.29) is 0 Å². The summed E-state index contributed by atoms with van der Waals surface area (Å²) in [5.41, 5.74) is 8.41. The minimum Gasteiger partial charge on any atom is -0.497 e. The maximum absolute atomic E-state index is 5.15. The number of nitrogens with zero attached hydrogens (tertiary/aromatic N) is 2. The van der Waals surface area contributed by atoms with Crippen molar-refractivity contribution < 1.29 is 4.74 Å². The van der Waals surface area contributed by atoms with Crippen LogP contribution in [0, 0.1) is 0 Å². The fourth-order valence-electron chi connectivity index (χ4n) is 2.77. The van der Waals surface area contributed by atoms with Gasteiger partial charge in [-0.25, -0.2) is 4.98 Å². The highest BCUT2D eigenvalue weighted by Gasteiger charge is 2.05. The Labute approximate surface area is 168 Å². The summed E-state index contributed by atoms with van der Waals surface area (Å²) in [6.45, 7) is 0. The van der Waals surface area contributed by atoms with E-state index in [0.717, 1.165) is 27.7 Å². The van der Waals surface area contributed by atoms with Crippen LogP contribution in [0.25, 0.3) is 22.4 Å². The number of ether oxygens (including phenoxy) is 1. The van der Waals surface area contributed by atoms with E-state index >= 15 is 0 Å². The largest absolute Gasteiger partial charge is 0.497 e. The number of hydrogen-bond donors (Lipinski definition) is 1. The van der Waals surface area contributed by atoms with Crippen molar-refractivity contribution in [2.45, 2.75) is 0 Å². The molecule has 0 unspecified atom stereocenters. The smallest absolute Gasteiger partial charge is 0.203 e. The minimum absolute atomic E-state index is 0.756. The number of hydrazone groups is 1. The van der Waals surface area contributed by atoms with Crippen molar-refractivity contribution in [3.8, 4) is 28.1 Å². The van der Waals surface area contributed by atoms with Crippen LogP contribution in [0.1, 0.15) is 5.56 Å². The molecule has 0 atom stereocenters. The van der Waals surface area contributed by atoms with Crippen LogP contribution in [0.3, 0.4) is 0 Å². The molecule has 0 saturated carbocycles. The molecule has 0 aliphatic rings. The molecule has 5 heteroatoms. The van der Waals surface area contributed by atoms with E-state index in [1.54, 1.807) is 13.3 Å². The first-order valence-corrected chi connectivity index (χ1v) is 9.74. The van der Waals surface area contributed by atoms with Gasteiger partial charge in [0.15, 0.2) is 0 Å². The molecule has 4 rings (SSSR count). The van der Waals surface area contributed by atoms with Gasteiger partial charge in [-0.1, -0.05) is 54.6 Å². The van der Waals surface area contributed by atoms with E-state index in [1.165, 1.54) is 22.5 Å². The van der Waals surface area contributed by atoms with Crippen LogP contribution in [-0.4, -0.2) is 18.3 Å². The van der Waals surface area contributed by atoms with Gasteiger partial charge in [0, 0.05) is 10.9 Å². The molecule has 138 valence electrons. The van der Waals surface area contributed by atoms with Crippen LogP contribution in [0.5, 0.6) is 5.75 Å². The summed E-state index contributed by atoms with van der Waals surface area (Å²) in [5, 5.41) is 7.05. The molecule has 0 aliphatic carbocycles. The maximum atomic E-state index is 5.15. The van der Waals surface area contributed by atoms with Gasteiger partial charge in [-0.05, 0) is 41.0 Å². The van der Waals surface area contributed by atoms with Gasteiger partial charge in [0.05, 0.1) is 19.0 Å². The van der Waals surface area contributed by atoms with Gasteiger partial charge in [0.1, 0.15) is 5.75 Å². The van der Waals surface area contributed by atoms with Gasteiger partial charge in [-0.3, -0.25) is 5.43 Å². The van der Waals surface area contributed by atoms with E-state index < -0.39 is 0 Å². The third-order valence-electron chi connectivity index (χ3n) is 4.28. The van der Waals surface area contributed by atoms with Crippen molar-refractivity contribution in [2.24, 2.45) is 5.10 Å². The highest BCUT2D eigenvalue weighted by Crippen LogP contribution is 2.27. The second-order valence-corrected chi connectivity index (χ2v) is 6.98. The molecule has 0 aliphatic heterocycles. The Morgan fingerprint density at radius 1 is 0.857 bits per heavy atom. The zero-order valence-corrected chi connectivity index (χ0v) is 16.2. The van der Waals surface area contributed by atoms with Crippen molar-refractivity contribution in [3.63, 3.8) is 0 Å². The first-order valence-electron chi connectivity index (χ1n) is 8.86. The molecular formula is C23H19N3OS. The standard InChI is InChI=1S/C23H19N3OS/c1-27-21-13-7-17(8-14-21)15-24-26-23-25-22(16-28-23)20-11-9-19(10-12-20)18-5-3-2-4-6-18/h2-16H,1H3,(H,25,26)/b24-15-. The van der Waals surface area contributed by atoms with Crippen LogP contribution in [0.15, 0.2) is 89.3 Å². The monoisotopic (exact) mass is 385 g/mol. The van der Waals surface area contributed by atoms with E-state index in [0.29, 0.717) is 0 Å². The number of hydrogen-bond acceptors (Lipinski definition) is 5. The van der Waals surface area contributed by atoms with Gasteiger partial charge in [-0.2, -0.15) is 5.10 Å². The highest BCUT2D eigenvalue weighted by molar-refractivity contribution is 7.14. The first kappa shape index (κ1) is 17.9. The Hall–Kier alpha value is -3.44. The number of benzene rings is 3. The molecule has 0 radical (unpaired) electrons. The summed E-state index contributed by atoms with van der Waals surface area (Å²) in [6, 6.07) is 26.5. The molecule has 0 saturated heterocycles. The quantitative estimate of drug-likeness (QED) is 0.330. The predicted octanol–water partition coefficient (Wildman–Crippen LogP) is 5.93. The van der Waals surface area contributed by atoms with E-state index in [2.05, 4.69) is 51.9 Å². The second-order valence-electron chi connectivity index (χ2n) is 6.12. The number of thiazole rings is 1. The molecule has 1 heterocycles. The lowest BCUT2D eigenvalue weighted by molar-refractivity contribution is 0.415. The molecule has 1 N–H and O–H groups in total. The molecular weight excluding hydrogens is 366 g/mol. The van der Waals surface area contributed by atoms with Crippen molar-refractivity contribution in [1.29, 1.82) is 0 Å². The van der Waals surface area contributed by atoms with Crippen molar-refractivity contribution in [3.05, 3.63) is 89.8 Å². The molecule has 3 aromatic carbocycles. The Bertz CT molecular complexity index is 1060. The molecule has 0 amide bonds.